The molecule has 2 aliphatic rings. The molecule has 0 saturated carbocycles. The Morgan fingerprint density at radius 1 is 1.05 bits per heavy atom. The fourth-order valence-electron chi connectivity index (χ4n) is 2.79. The average Bonchev–Trinajstić information content (AvgIpc) is 2.93. The van der Waals surface area contributed by atoms with E-state index in [1.54, 1.807) is 18.2 Å². The second kappa shape index (κ2) is 4.53. The van der Waals surface area contributed by atoms with Crippen LogP contribution in [0.3, 0.4) is 0 Å². The molecule has 0 aliphatic carbocycles. The summed E-state index contributed by atoms with van der Waals surface area (Å²) in [6.07, 6.45) is 0. The van der Waals surface area contributed by atoms with E-state index >= 15 is 0 Å². The molecule has 104 valence electrons. The highest BCUT2D eigenvalue weighted by Gasteiger charge is 2.38. The van der Waals surface area contributed by atoms with Gasteiger partial charge >= 0.3 is 0 Å². The Kier molecular flexibility index (Phi) is 2.68. The van der Waals surface area contributed by atoms with Crippen molar-refractivity contribution in [2.45, 2.75) is 12.1 Å². The quantitative estimate of drug-likeness (QED) is 0.752. The number of hydrogen-bond donors (Lipinski definition) is 0. The molecule has 0 unspecified atom stereocenters. The lowest BCUT2D eigenvalue weighted by atomic mass is 10.1. The summed E-state index contributed by atoms with van der Waals surface area (Å²) >= 11 is 0. The van der Waals surface area contributed by atoms with Crippen LogP contribution in [0.2, 0.25) is 0 Å². The van der Waals surface area contributed by atoms with Gasteiger partial charge in [-0.3, -0.25) is 4.79 Å². The van der Waals surface area contributed by atoms with Crippen LogP contribution in [0, 0.1) is 0 Å². The van der Waals surface area contributed by atoms with E-state index in [0.717, 1.165) is 0 Å². The minimum atomic E-state index is -0.0171. The van der Waals surface area contributed by atoms with Crippen LogP contribution in [-0.2, 0) is 9.47 Å². The van der Waals surface area contributed by atoms with Crippen molar-refractivity contribution in [3.8, 4) is 0 Å². The van der Waals surface area contributed by atoms with Gasteiger partial charge in [0.2, 0.25) is 0 Å². The molecule has 7 heteroatoms. The van der Waals surface area contributed by atoms with E-state index in [9.17, 15) is 4.79 Å². The van der Waals surface area contributed by atoms with Crippen LogP contribution in [0.5, 0.6) is 0 Å². The number of fused-ring (bicyclic) bond motifs is 3. The van der Waals surface area contributed by atoms with Crippen LogP contribution >= 0.6 is 0 Å². The van der Waals surface area contributed by atoms with E-state index in [2.05, 4.69) is 14.9 Å². The number of nitrogens with zero attached hydrogens (tertiary/aromatic N) is 3. The molecule has 0 N–H and O–H groups in total. The van der Waals surface area contributed by atoms with E-state index in [-0.39, 0.29) is 18.0 Å². The van der Waals surface area contributed by atoms with E-state index in [4.69, 9.17) is 9.47 Å². The van der Waals surface area contributed by atoms with Gasteiger partial charge in [0.1, 0.15) is 11.0 Å². The van der Waals surface area contributed by atoms with Crippen LogP contribution in [0.1, 0.15) is 10.4 Å². The van der Waals surface area contributed by atoms with Gasteiger partial charge in [0.15, 0.2) is 0 Å². The van der Waals surface area contributed by atoms with Gasteiger partial charge in [0.25, 0.3) is 5.91 Å². The van der Waals surface area contributed by atoms with Crippen LogP contribution in [-0.4, -0.2) is 59.6 Å². The summed E-state index contributed by atoms with van der Waals surface area (Å²) in [6, 6.07) is 5.18. The largest absolute Gasteiger partial charge is 0.377 e. The Morgan fingerprint density at radius 2 is 1.70 bits per heavy atom. The normalized spacial score (nSPS) is 25.9. The van der Waals surface area contributed by atoms with Gasteiger partial charge in [-0.15, -0.1) is 0 Å². The van der Waals surface area contributed by atoms with Crippen molar-refractivity contribution in [2.75, 3.05) is 26.4 Å². The molecule has 2 aliphatic heterocycles. The number of benzene rings is 1. The zero-order chi connectivity index (χ0) is 13.5. The Bertz CT molecular complexity index is 634. The minimum Gasteiger partial charge on any atom is -0.377 e. The molecule has 3 heterocycles. The molecule has 2 fully saturated rings. The topological polar surface area (TPSA) is 77.7 Å². The molecule has 2 aromatic rings. The van der Waals surface area contributed by atoms with E-state index in [1.807, 2.05) is 4.90 Å². The predicted octanol–water partition coefficient (Wildman–Crippen LogP) is 0.463. The van der Waals surface area contributed by atoms with Crippen LogP contribution in [0.4, 0.5) is 0 Å². The number of aromatic nitrogens is 2. The number of rotatable bonds is 1. The standard InChI is InChI=1S/C13H13N3O4/c17-13(8-1-2-11-12(3-8)15-20-14-11)16-9-4-18-6-10(16)7-19-5-9/h1-3,9-10H,4-7H2. The highest BCUT2D eigenvalue weighted by atomic mass is 16.6. The lowest BCUT2D eigenvalue weighted by molar-refractivity contribution is -0.119. The van der Waals surface area contributed by atoms with Gasteiger partial charge in [0.05, 0.1) is 38.5 Å². The summed E-state index contributed by atoms with van der Waals surface area (Å²) in [7, 11) is 0. The Balaban J connectivity index is 1.68. The molecule has 0 atom stereocenters. The van der Waals surface area contributed by atoms with Crippen molar-refractivity contribution in [2.24, 2.45) is 0 Å². The van der Waals surface area contributed by atoms with Crippen LogP contribution in [0.25, 0.3) is 11.0 Å². The zero-order valence-electron chi connectivity index (χ0n) is 10.7. The van der Waals surface area contributed by atoms with E-state index < -0.39 is 0 Å². The number of hydrogen-bond acceptors (Lipinski definition) is 6. The number of ether oxygens (including phenoxy) is 2. The summed E-state index contributed by atoms with van der Waals surface area (Å²) < 4.78 is 15.7. The molecular formula is C13H13N3O4. The first kappa shape index (κ1) is 11.8. The van der Waals surface area contributed by atoms with Gasteiger partial charge in [-0.25, -0.2) is 4.63 Å². The maximum atomic E-state index is 12.7. The first-order chi connectivity index (χ1) is 9.83. The molecule has 1 amide bonds. The highest BCUT2D eigenvalue weighted by molar-refractivity contribution is 5.97. The third-order valence-corrected chi connectivity index (χ3v) is 3.76. The summed E-state index contributed by atoms with van der Waals surface area (Å²) in [5.41, 5.74) is 1.82. The molecule has 20 heavy (non-hydrogen) atoms. The summed E-state index contributed by atoms with van der Waals surface area (Å²) in [6.45, 7) is 2.10. The monoisotopic (exact) mass is 275 g/mol. The minimum absolute atomic E-state index is 0.0128. The maximum absolute atomic E-state index is 12.7. The van der Waals surface area contributed by atoms with Crippen molar-refractivity contribution in [1.82, 2.24) is 15.2 Å². The first-order valence-electron chi connectivity index (χ1n) is 6.53. The van der Waals surface area contributed by atoms with E-state index in [0.29, 0.717) is 43.0 Å². The van der Waals surface area contributed by atoms with Crippen molar-refractivity contribution in [1.29, 1.82) is 0 Å². The molecule has 1 aromatic carbocycles. The van der Waals surface area contributed by atoms with Gasteiger partial charge in [-0.2, -0.15) is 0 Å². The van der Waals surface area contributed by atoms with Crippen molar-refractivity contribution >= 4 is 16.9 Å². The molecule has 4 rings (SSSR count). The third-order valence-electron chi connectivity index (χ3n) is 3.76. The Hall–Kier alpha value is -1.99. The number of carbonyl (C=O) groups is 1. The number of carbonyl (C=O) groups excluding carboxylic acids is 1. The summed E-state index contributed by atoms with van der Waals surface area (Å²) in [5.74, 6) is -0.0171. The molecule has 2 saturated heterocycles. The fourth-order valence-corrected chi connectivity index (χ4v) is 2.79. The number of amides is 1. The zero-order valence-corrected chi connectivity index (χ0v) is 10.7. The van der Waals surface area contributed by atoms with Crippen molar-refractivity contribution in [3.63, 3.8) is 0 Å². The highest BCUT2D eigenvalue weighted by Crippen LogP contribution is 2.23. The second-order valence-corrected chi connectivity index (χ2v) is 5.06. The van der Waals surface area contributed by atoms with Crippen molar-refractivity contribution in [3.05, 3.63) is 23.8 Å². The average molecular weight is 275 g/mol. The predicted molar refractivity (Wildman–Crippen MR) is 67.2 cm³/mol. The molecule has 0 radical (unpaired) electrons. The van der Waals surface area contributed by atoms with Crippen LogP contribution in [0.15, 0.2) is 22.8 Å². The molecule has 2 bridgehead atoms. The van der Waals surface area contributed by atoms with Gasteiger partial charge in [-0.05, 0) is 28.5 Å². The Morgan fingerprint density at radius 3 is 2.40 bits per heavy atom. The van der Waals surface area contributed by atoms with E-state index in [1.165, 1.54) is 0 Å². The lowest BCUT2D eigenvalue weighted by Gasteiger charge is -2.45. The number of morpholine rings is 2. The Labute approximate surface area is 114 Å². The SMILES string of the molecule is O=C(c1ccc2nonc2c1)N1C2COCC1COC2. The molecule has 1 aromatic heterocycles. The lowest BCUT2D eigenvalue weighted by Crippen LogP contribution is -2.61. The third kappa shape index (κ3) is 1.78. The van der Waals surface area contributed by atoms with Crippen LogP contribution < -0.4 is 0 Å². The summed E-state index contributed by atoms with van der Waals surface area (Å²) in [4.78, 5) is 14.6. The van der Waals surface area contributed by atoms with Crippen molar-refractivity contribution < 1.29 is 18.9 Å². The van der Waals surface area contributed by atoms with Gasteiger partial charge in [-0.1, -0.05) is 0 Å². The molecule has 0 spiro atoms. The van der Waals surface area contributed by atoms with Gasteiger partial charge in [0, 0.05) is 5.56 Å². The second-order valence-electron chi connectivity index (χ2n) is 5.06. The van der Waals surface area contributed by atoms with Gasteiger partial charge < -0.3 is 14.4 Å². The summed E-state index contributed by atoms with van der Waals surface area (Å²) in [5, 5.41) is 7.51. The molecular weight excluding hydrogens is 262 g/mol. The first-order valence-corrected chi connectivity index (χ1v) is 6.53. The fraction of sp³-hybridized carbons (Fsp3) is 0.462. The maximum Gasteiger partial charge on any atom is 0.254 e. The smallest absolute Gasteiger partial charge is 0.254 e. The molecule has 7 nitrogen and oxygen atoms in total.